The fraction of sp³-hybridized carbons (Fsp3) is 0.727. The molecule has 200 valence electrons. The lowest BCUT2D eigenvalue weighted by molar-refractivity contribution is -0.147. The molecule has 1 aromatic rings. The maximum absolute atomic E-state index is 12.7. The average Bonchev–Trinajstić information content (AvgIpc) is 3.18. The van der Waals surface area contributed by atoms with Crippen molar-refractivity contribution in [2.45, 2.75) is 78.0 Å². The largest absolute Gasteiger partial charge is 0.463 e. The Balaban J connectivity index is 2.29. The summed E-state index contributed by atoms with van der Waals surface area (Å²) in [6.07, 6.45) is 1.38. The fourth-order valence-electron chi connectivity index (χ4n) is 3.50. The second-order valence-corrected chi connectivity index (χ2v) is 10.3. The van der Waals surface area contributed by atoms with E-state index >= 15 is 0 Å². The summed E-state index contributed by atoms with van der Waals surface area (Å²) in [6, 6.07) is 2.29. The highest BCUT2D eigenvalue weighted by Gasteiger charge is 2.42. The summed E-state index contributed by atoms with van der Waals surface area (Å²) in [4.78, 5) is 37.9. The second-order valence-electron chi connectivity index (χ2n) is 8.91. The summed E-state index contributed by atoms with van der Waals surface area (Å²) in [5.41, 5.74) is -0.577. The van der Waals surface area contributed by atoms with Crippen molar-refractivity contribution < 1.29 is 23.3 Å². The van der Waals surface area contributed by atoms with Crippen LogP contribution in [-0.2, 0) is 23.3 Å². The topological polar surface area (TPSA) is 144 Å². The van der Waals surface area contributed by atoms with Gasteiger partial charge in [0.2, 0.25) is 0 Å². The van der Waals surface area contributed by atoms with Gasteiger partial charge in [0.25, 0.3) is 14.5 Å². The van der Waals surface area contributed by atoms with Gasteiger partial charge in [0, 0.05) is 39.5 Å². The number of esters is 1. The Labute approximate surface area is 213 Å². The second kappa shape index (κ2) is 14.3. The van der Waals surface area contributed by atoms with Crippen LogP contribution in [0.15, 0.2) is 16.1 Å². The predicted molar refractivity (Wildman–Crippen MR) is 133 cm³/mol. The molecular formula is C22H36N7O6P. The zero-order chi connectivity index (χ0) is 26.8. The Kier molecular flexibility index (Phi) is 11.8. The van der Waals surface area contributed by atoms with Gasteiger partial charge in [0.05, 0.1) is 31.5 Å². The number of nitriles is 1. The Morgan fingerprint density at radius 1 is 1.39 bits per heavy atom. The monoisotopic (exact) mass is 525 g/mol. The van der Waals surface area contributed by atoms with Crippen molar-refractivity contribution in [3.8, 4) is 6.07 Å². The number of aromatic nitrogens is 3. The molecule has 0 aliphatic carbocycles. The van der Waals surface area contributed by atoms with Gasteiger partial charge in [0.1, 0.15) is 25.3 Å². The van der Waals surface area contributed by atoms with Crippen LogP contribution in [-0.4, -0.2) is 88.0 Å². The van der Waals surface area contributed by atoms with Gasteiger partial charge in [-0.2, -0.15) is 10.2 Å². The molecule has 0 radical (unpaired) electrons. The third-order valence-corrected chi connectivity index (χ3v) is 7.10. The Morgan fingerprint density at radius 2 is 2.08 bits per heavy atom. The molecule has 1 saturated heterocycles. The molecule has 0 aromatic carbocycles. The zero-order valence-electron chi connectivity index (χ0n) is 21.9. The maximum atomic E-state index is 12.7. The standard InChI is InChI=1S/C22H36N7O6P/c1-15(2)29(16(3)4)36(33-10-8-9-23)35-18-11-20(34-19(18)12-32-17(5)30)28-14-25-21(26-22(28)31)24-13-27(6)7/h13-16,18-20H,8,10-12H2,1-7H3/b24-13-. The maximum Gasteiger partial charge on any atom is 0.354 e. The van der Waals surface area contributed by atoms with E-state index in [4.69, 9.17) is 23.8 Å². The number of ether oxygens (including phenoxy) is 2. The minimum absolute atomic E-state index is 0.0335. The van der Waals surface area contributed by atoms with Crippen LogP contribution in [0, 0.1) is 11.3 Å². The molecule has 0 spiro atoms. The lowest BCUT2D eigenvalue weighted by Gasteiger charge is -2.37. The number of carbonyl (C=O) groups excluding carboxylic acids is 1. The van der Waals surface area contributed by atoms with Crippen molar-refractivity contribution in [2.75, 3.05) is 27.3 Å². The van der Waals surface area contributed by atoms with E-state index in [2.05, 4.69) is 25.7 Å². The molecule has 1 aliphatic heterocycles. The molecule has 0 saturated carbocycles. The van der Waals surface area contributed by atoms with Crippen LogP contribution in [0.25, 0.3) is 0 Å². The van der Waals surface area contributed by atoms with E-state index in [0.29, 0.717) is 0 Å². The van der Waals surface area contributed by atoms with E-state index < -0.39 is 38.6 Å². The van der Waals surface area contributed by atoms with Crippen molar-refractivity contribution in [1.29, 1.82) is 5.26 Å². The van der Waals surface area contributed by atoms with E-state index in [1.807, 2.05) is 27.7 Å². The molecule has 2 heterocycles. The molecule has 1 fully saturated rings. The van der Waals surface area contributed by atoms with Gasteiger partial charge in [0.15, 0.2) is 0 Å². The molecule has 4 unspecified atom stereocenters. The Bertz CT molecular complexity index is 972. The third kappa shape index (κ3) is 8.87. The van der Waals surface area contributed by atoms with Gasteiger partial charge in [-0.3, -0.25) is 9.36 Å². The molecule has 4 atom stereocenters. The summed E-state index contributed by atoms with van der Waals surface area (Å²) in [6.45, 7) is 9.61. The van der Waals surface area contributed by atoms with E-state index in [1.165, 1.54) is 24.2 Å². The first-order valence-electron chi connectivity index (χ1n) is 11.7. The normalized spacial score (nSPS) is 20.9. The molecular weight excluding hydrogens is 489 g/mol. The average molecular weight is 526 g/mol. The minimum Gasteiger partial charge on any atom is -0.463 e. The highest BCUT2D eigenvalue weighted by Crippen LogP contribution is 2.49. The summed E-state index contributed by atoms with van der Waals surface area (Å²) in [7, 11) is 2.01. The third-order valence-electron chi connectivity index (χ3n) is 4.95. The van der Waals surface area contributed by atoms with Crippen molar-refractivity contribution in [2.24, 2.45) is 4.99 Å². The van der Waals surface area contributed by atoms with Crippen LogP contribution in [0.5, 0.6) is 0 Å². The minimum atomic E-state index is -1.57. The van der Waals surface area contributed by atoms with Crippen LogP contribution in [0.4, 0.5) is 5.95 Å². The molecule has 2 rings (SSSR count). The Hall–Kier alpha value is -2.49. The first kappa shape index (κ1) is 29.7. The van der Waals surface area contributed by atoms with Crippen LogP contribution < -0.4 is 5.69 Å². The first-order chi connectivity index (χ1) is 17.0. The number of nitrogens with zero attached hydrogens (tertiary/aromatic N) is 7. The van der Waals surface area contributed by atoms with Crippen molar-refractivity contribution >= 4 is 26.8 Å². The van der Waals surface area contributed by atoms with Crippen LogP contribution >= 0.6 is 8.53 Å². The van der Waals surface area contributed by atoms with E-state index in [0.717, 1.165) is 0 Å². The highest BCUT2D eigenvalue weighted by molar-refractivity contribution is 7.44. The summed E-state index contributed by atoms with van der Waals surface area (Å²) < 4.78 is 27.1. The van der Waals surface area contributed by atoms with Crippen LogP contribution in [0.2, 0.25) is 0 Å². The Morgan fingerprint density at radius 3 is 2.64 bits per heavy atom. The van der Waals surface area contributed by atoms with Gasteiger partial charge < -0.3 is 23.4 Å². The molecule has 0 amide bonds. The van der Waals surface area contributed by atoms with Gasteiger partial charge in [-0.15, -0.1) is 0 Å². The predicted octanol–water partition coefficient (Wildman–Crippen LogP) is 2.37. The molecule has 1 aromatic heterocycles. The molecule has 0 bridgehead atoms. The van der Waals surface area contributed by atoms with E-state index in [9.17, 15) is 9.59 Å². The molecule has 1 aliphatic rings. The zero-order valence-corrected chi connectivity index (χ0v) is 22.8. The quantitative estimate of drug-likeness (QED) is 0.123. The van der Waals surface area contributed by atoms with E-state index in [-0.39, 0.29) is 44.1 Å². The lowest BCUT2D eigenvalue weighted by Crippen LogP contribution is -2.36. The number of hydrogen-bond acceptors (Lipinski definition) is 11. The smallest absolute Gasteiger partial charge is 0.354 e. The van der Waals surface area contributed by atoms with Crippen molar-refractivity contribution in [3.63, 3.8) is 0 Å². The van der Waals surface area contributed by atoms with Crippen LogP contribution in [0.3, 0.4) is 0 Å². The highest BCUT2D eigenvalue weighted by atomic mass is 31.2. The molecule has 13 nitrogen and oxygen atoms in total. The number of carbonyl (C=O) groups is 1. The first-order valence-corrected chi connectivity index (χ1v) is 12.9. The molecule has 36 heavy (non-hydrogen) atoms. The SMILES string of the molecule is CC(=O)OCC1OC(n2cnc(/N=C\N(C)C)nc2=O)CC1OP(OCCC#N)N(C(C)C)C(C)C. The number of aliphatic imine (C=N–C) groups is 1. The van der Waals surface area contributed by atoms with Crippen molar-refractivity contribution in [3.05, 3.63) is 16.8 Å². The summed E-state index contributed by atoms with van der Waals surface area (Å²) in [5, 5.41) is 8.95. The van der Waals surface area contributed by atoms with E-state index in [1.54, 1.807) is 19.0 Å². The van der Waals surface area contributed by atoms with Gasteiger partial charge >= 0.3 is 11.7 Å². The van der Waals surface area contributed by atoms with Gasteiger partial charge in [-0.1, -0.05) is 0 Å². The van der Waals surface area contributed by atoms with Gasteiger partial charge in [-0.25, -0.2) is 19.4 Å². The van der Waals surface area contributed by atoms with Gasteiger partial charge in [-0.05, 0) is 27.7 Å². The summed E-state index contributed by atoms with van der Waals surface area (Å²) >= 11 is 0. The number of hydrogen-bond donors (Lipinski definition) is 0. The van der Waals surface area contributed by atoms with Crippen LogP contribution in [0.1, 0.15) is 53.7 Å². The fourth-order valence-corrected chi connectivity index (χ4v) is 5.26. The molecule has 0 N–H and O–H groups in total. The number of rotatable bonds is 13. The summed E-state index contributed by atoms with van der Waals surface area (Å²) in [5.74, 6) is -0.422. The lowest BCUT2D eigenvalue weighted by atomic mass is 10.2. The van der Waals surface area contributed by atoms with Crippen molar-refractivity contribution in [1.82, 2.24) is 24.1 Å². The molecule has 14 heteroatoms.